The Morgan fingerprint density at radius 2 is 1.88 bits per heavy atom. The Morgan fingerprint density at radius 3 is 2.52 bits per heavy atom. The van der Waals surface area contributed by atoms with Gasteiger partial charge in [0.1, 0.15) is 0 Å². The molecule has 1 aliphatic carbocycles. The Balaban J connectivity index is 1.72. The Bertz CT molecular complexity index is 609. The van der Waals surface area contributed by atoms with Gasteiger partial charge in [0.2, 0.25) is 5.91 Å². The van der Waals surface area contributed by atoms with Crippen LogP contribution >= 0.6 is 0 Å². The van der Waals surface area contributed by atoms with E-state index < -0.39 is 0 Å². The fourth-order valence-electron chi connectivity index (χ4n) is 4.61. The van der Waals surface area contributed by atoms with Crippen LogP contribution in [0.3, 0.4) is 0 Å². The summed E-state index contributed by atoms with van der Waals surface area (Å²) in [5.74, 6) is 0.0766. The topological polar surface area (TPSA) is 32.3 Å². The van der Waals surface area contributed by atoms with Gasteiger partial charge in [-0.05, 0) is 73.7 Å². The largest absolute Gasteiger partial charge is 0.350 e. The quantitative estimate of drug-likeness (QED) is 0.881. The van der Waals surface area contributed by atoms with Gasteiger partial charge in [-0.3, -0.25) is 4.79 Å². The van der Waals surface area contributed by atoms with Crippen LogP contribution in [-0.4, -0.2) is 30.4 Å². The van der Waals surface area contributed by atoms with E-state index in [2.05, 4.69) is 55.3 Å². The zero-order valence-electron chi connectivity index (χ0n) is 16.4. The van der Waals surface area contributed by atoms with Crippen molar-refractivity contribution in [2.45, 2.75) is 71.3 Å². The summed E-state index contributed by atoms with van der Waals surface area (Å²) >= 11 is 0. The molecule has 0 radical (unpaired) electrons. The molecule has 1 aromatic carbocycles. The molecule has 1 fully saturated rings. The van der Waals surface area contributed by atoms with Gasteiger partial charge in [0, 0.05) is 6.92 Å². The average Bonchev–Trinajstić information content (AvgIpc) is 2.56. The van der Waals surface area contributed by atoms with E-state index in [0.717, 1.165) is 6.42 Å². The van der Waals surface area contributed by atoms with E-state index in [9.17, 15) is 4.79 Å². The van der Waals surface area contributed by atoms with Crippen LogP contribution < -0.4 is 5.32 Å². The predicted octanol–water partition coefficient (Wildman–Crippen LogP) is 4.43. The first kappa shape index (κ1) is 18.4. The third kappa shape index (κ3) is 4.25. The molecule has 1 spiro atoms. The normalized spacial score (nSPS) is 23.3. The van der Waals surface area contributed by atoms with E-state index in [-0.39, 0.29) is 11.9 Å². The van der Waals surface area contributed by atoms with Gasteiger partial charge in [0.25, 0.3) is 0 Å². The molecule has 3 nitrogen and oxygen atoms in total. The molecule has 1 aromatic rings. The van der Waals surface area contributed by atoms with Gasteiger partial charge >= 0.3 is 0 Å². The molecule has 3 rings (SSSR count). The fourth-order valence-corrected chi connectivity index (χ4v) is 4.61. The molecule has 1 N–H and O–H groups in total. The molecule has 0 bridgehead atoms. The van der Waals surface area contributed by atoms with Crippen LogP contribution in [0.25, 0.3) is 0 Å². The summed E-state index contributed by atoms with van der Waals surface area (Å²) in [6.07, 6.45) is 6.03. The number of likely N-dealkylation sites (tertiary alicyclic amines) is 1. The zero-order valence-corrected chi connectivity index (χ0v) is 16.4. The van der Waals surface area contributed by atoms with E-state index >= 15 is 0 Å². The summed E-state index contributed by atoms with van der Waals surface area (Å²) in [6.45, 7) is 12.2. The number of nitrogens with one attached hydrogen (secondary N) is 1. The number of carbonyl (C=O) groups is 1. The van der Waals surface area contributed by atoms with E-state index in [1.165, 1.54) is 56.4 Å². The lowest BCUT2D eigenvalue weighted by Crippen LogP contribution is -2.46. The van der Waals surface area contributed by atoms with Gasteiger partial charge in [-0.15, -0.1) is 0 Å². The molecule has 1 amide bonds. The smallest absolute Gasteiger partial charge is 0.217 e. The third-order valence-electron chi connectivity index (χ3n) is 6.19. The third-order valence-corrected chi connectivity index (χ3v) is 6.19. The standard InChI is InChI=1S/C22H34N2O/c1-17(25)23-20-9-10-22(19-8-6-5-7-18(19)20)12-15-24(16-13-22)14-11-21(2,3)4/h5-8,20H,9-16H2,1-4H3,(H,23,25)/t20-/m1/s1. The minimum Gasteiger partial charge on any atom is -0.350 e. The second-order valence-electron chi connectivity index (χ2n) is 9.31. The number of amides is 1. The van der Waals surface area contributed by atoms with Gasteiger partial charge in [-0.1, -0.05) is 45.0 Å². The number of benzene rings is 1. The first-order valence-electron chi connectivity index (χ1n) is 9.88. The number of carbonyl (C=O) groups excluding carboxylic acids is 1. The van der Waals surface area contributed by atoms with E-state index in [4.69, 9.17) is 0 Å². The second kappa shape index (κ2) is 7.11. The van der Waals surface area contributed by atoms with Crippen molar-refractivity contribution in [1.82, 2.24) is 10.2 Å². The van der Waals surface area contributed by atoms with Gasteiger partial charge in [0.15, 0.2) is 0 Å². The Hall–Kier alpha value is -1.35. The monoisotopic (exact) mass is 342 g/mol. The van der Waals surface area contributed by atoms with Crippen LogP contribution in [0.15, 0.2) is 24.3 Å². The van der Waals surface area contributed by atoms with Gasteiger partial charge in [-0.25, -0.2) is 0 Å². The van der Waals surface area contributed by atoms with Crippen LogP contribution in [0.2, 0.25) is 0 Å². The molecule has 1 aliphatic heterocycles. The molecule has 0 aromatic heterocycles. The maximum atomic E-state index is 11.6. The van der Waals surface area contributed by atoms with Crippen molar-refractivity contribution < 1.29 is 4.79 Å². The molecule has 25 heavy (non-hydrogen) atoms. The maximum Gasteiger partial charge on any atom is 0.217 e. The van der Waals surface area contributed by atoms with Crippen molar-refractivity contribution in [2.75, 3.05) is 19.6 Å². The number of fused-ring (bicyclic) bond motifs is 2. The van der Waals surface area contributed by atoms with Gasteiger partial charge < -0.3 is 10.2 Å². The summed E-state index contributed by atoms with van der Waals surface area (Å²) in [5, 5.41) is 3.16. The summed E-state index contributed by atoms with van der Waals surface area (Å²) in [4.78, 5) is 14.2. The van der Waals surface area contributed by atoms with Crippen molar-refractivity contribution in [1.29, 1.82) is 0 Å². The Morgan fingerprint density at radius 1 is 1.20 bits per heavy atom. The summed E-state index contributed by atoms with van der Waals surface area (Å²) in [6, 6.07) is 9.02. The number of rotatable bonds is 3. The van der Waals surface area contributed by atoms with Gasteiger partial charge in [0.05, 0.1) is 6.04 Å². The highest BCUT2D eigenvalue weighted by Crippen LogP contribution is 2.47. The summed E-state index contributed by atoms with van der Waals surface area (Å²) in [5.41, 5.74) is 3.59. The van der Waals surface area contributed by atoms with E-state index in [0.29, 0.717) is 10.8 Å². The van der Waals surface area contributed by atoms with E-state index in [1.807, 2.05) is 0 Å². The number of hydrogen-bond donors (Lipinski definition) is 1. The number of piperidine rings is 1. The second-order valence-corrected chi connectivity index (χ2v) is 9.31. The molecule has 2 aliphatic rings. The molecule has 138 valence electrons. The van der Waals surface area contributed by atoms with Gasteiger partial charge in [-0.2, -0.15) is 0 Å². The predicted molar refractivity (Wildman–Crippen MR) is 104 cm³/mol. The molecule has 0 unspecified atom stereocenters. The lowest BCUT2D eigenvalue weighted by molar-refractivity contribution is -0.119. The van der Waals surface area contributed by atoms with Crippen molar-refractivity contribution in [2.24, 2.45) is 5.41 Å². The minimum atomic E-state index is 0.0766. The van der Waals surface area contributed by atoms with Crippen LogP contribution in [0.4, 0.5) is 0 Å². The zero-order chi connectivity index (χ0) is 18.1. The van der Waals surface area contributed by atoms with Crippen LogP contribution in [0.1, 0.15) is 77.0 Å². The number of hydrogen-bond acceptors (Lipinski definition) is 2. The molecule has 0 saturated carbocycles. The maximum absolute atomic E-state index is 11.6. The highest BCUT2D eigenvalue weighted by atomic mass is 16.1. The molecular formula is C22H34N2O. The van der Waals surface area contributed by atoms with Crippen molar-refractivity contribution >= 4 is 5.91 Å². The van der Waals surface area contributed by atoms with E-state index in [1.54, 1.807) is 6.92 Å². The number of nitrogens with zero attached hydrogens (tertiary/aromatic N) is 1. The molecule has 3 heteroatoms. The Kier molecular flexibility index (Phi) is 5.24. The lowest BCUT2D eigenvalue weighted by atomic mass is 9.63. The van der Waals surface area contributed by atoms with Crippen molar-refractivity contribution in [3.63, 3.8) is 0 Å². The lowest BCUT2D eigenvalue weighted by Gasteiger charge is -2.47. The minimum absolute atomic E-state index is 0.0766. The highest BCUT2D eigenvalue weighted by Gasteiger charge is 2.41. The highest BCUT2D eigenvalue weighted by molar-refractivity contribution is 5.73. The SMILES string of the molecule is CC(=O)N[C@@H]1CCC2(CCN(CCC(C)(C)C)CC2)c2ccccc21. The average molecular weight is 343 g/mol. The summed E-state index contributed by atoms with van der Waals surface area (Å²) < 4.78 is 0. The summed E-state index contributed by atoms with van der Waals surface area (Å²) in [7, 11) is 0. The molecule has 1 saturated heterocycles. The van der Waals surface area contributed by atoms with Crippen LogP contribution in [-0.2, 0) is 10.2 Å². The van der Waals surface area contributed by atoms with Crippen LogP contribution in [0.5, 0.6) is 0 Å². The van der Waals surface area contributed by atoms with Crippen molar-refractivity contribution in [3.05, 3.63) is 35.4 Å². The van der Waals surface area contributed by atoms with Crippen molar-refractivity contribution in [3.8, 4) is 0 Å². The molecular weight excluding hydrogens is 308 g/mol. The molecule has 1 heterocycles. The van der Waals surface area contributed by atoms with Crippen LogP contribution in [0, 0.1) is 5.41 Å². The first-order chi connectivity index (χ1) is 11.8. The first-order valence-corrected chi connectivity index (χ1v) is 9.88. The Labute approximate surface area is 153 Å². The molecule has 1 atom stereocenters. The fraction of sp³-hybridized carbons (Fsp3) is 0.682.